The minimum atomic E-state index is -0.536. The summed E-state index contributed by atoms with van der Waals surface area (Å²) in [6.07, 6.45) is 2.44. The average Bonchev–Trinajstić information content (AvgIpc) is 2.75. The molecular weight excluding hydrogens is 475 g/mol. The molecule has 0 spiro atoms. The van der Waals surface area contributed by atoms with Gasteiger partial charge in [-0.05, 0) is 49.9 Å². The van der Waals surface area contributed by atoms with Gasteiger partial charge in [0.1, 0.15) is 6.04 Å². The molecule has 2 aromatic rings. The molecule has 0 aromatic heterocycles. The van der Waals surface area contributed by atoms with Gasteiger partial charge in [0.15, 0.2) is 0 Å². The number of halogens is 2. The normalized spacial score (nSPS) is 11.8. The van der Waals surface area contributed by atoms with Crippen LogP contribution in [0.4, 0.5) is 0 Å². The Labute approximate surface area is 212 Å². The zero-order chi connectivity index (χ0) is 24.4. The smallest absolute Gasteiger partial charge is 0.242 e. The van der Waals surface area contributed by atoms with Crippen LogP contribution in [0.3, 0.4) is 0 Å². The van der Waals surface area contributed by atoms with Crippen LogP contribution in [-0.4, -0.2) is 35.1 Å². The number of unbranched alkanes of at least 4 members (excludes halogenated alkanes) is 1. The first-order chi connectivity index (χ1) is 15.7. The van der Waals surface area contributed by atoms with E-state index in [1.165, 1.54) is 16.7 Å². The maximum Gasteiger partial charge on any atom is 0.242 e. The zero-order valence-corrected chi connectivity index (χ0v) is 22.2. The summed E-state index contributed by atoms with van der Waals surface area (Å²) in [6.45, 7) is 9.09. The molecule has 0 fully saturated rings. The van der Waals surface area contributed by atoms with E-state index in [0.29, 0.717) is 35.3 Å². The summed E-state index contributed by atoms with van der Waals surface area (Å²) >= 11 is 13.8. The van der Waals surface area contributed by atoms with Crippen LogP contribution in [0.1, 0.15) is 55.4 Å². The quantitative estimate of drug-likeness (QED) is 0.330. The Bertz CT molecular complexity index is 932. The Morgan fingerprint density at radius 3 is 2.30 bits per heavy atom. The van der Waals surface area contributed by atoms with Gasteiger partial charge in [0.05, 0.1) is 15.8 Å². The van der Waals surface area contributed by atoms with Gasteiger partial charge in [-0.15, -0.1) is 11.8 Å². The van der Waals surface area contributed by atoms with Crippen LogP contribution < -0.4 is 5.32 Å². The van der Waals surface area contributed by atoms with Crippen LogP contribution in [0.25, 0.3) is 0 Å². The number of hydrogen-bond donors (Lipinski definition) is 1. The fraction of sp³-hybridized carbons (Fsp3) is 0.462. The van der Waals surface area contributed by atoms with Gasteiger partial charge >= 0.3 is 0 Å². The summed E-state index contributed by atoms with van der Waals surface area (Å²) in [4.78, 5) is 27.9. The third-order valence-electron chi connectivity index (χ3n) is 5.33. The summed E-state index contributed by atoms with van der Waals surface area (Å²) in [5, 5.41) is 3.88. The number of carbonyl (C=O) groups excluding carboxylic acids is 2. The van der Waals surface area contributed by atoms with Gasteiger partial charge in [0.25, 0.3) is 0 Å². The summed E-state index contributed by atoms with van der Waals surface area (Å²) in [5.74, 6) is 0.869. The molecule has 2 rings (SSSR count). The van der Waals surface area contributed by atoms with Crippen LogP contribution in [0.15, 0.2) is 36.4 Å². The van der Waals surface area contributed by atoms with E-state index >= 15 is 0 Å². The molecule has 0 aliphatic carbocycles. The highest BCUT2D eigenvalue weighted by Crippen LogP contribution is 2.25. The Morgan fingerprint density at radius 2 is 1.70 bits per heavy atom. The van der Waals surface area contributed by atoms with Gasteiger partial charge < -0.3 is 10.2 Å². The van der Waals surface area contributed by atoms with Crippen LogP contribution in [0, 0.1) is 13.8 Å². The molecular formula is C26H34Cl2N2O2S. The third-order valence-corrected chi connectivity index (χ3v) is 7.06. The first-order valence-corrected chi connectivity index (χ1v) is 13.3. The second-order valence-electron chi connectivity index (χ2n) is 8.33. The van der Waals surface area contributed by atoms with Crippen LogP contribution in [0.2, 0.25) is 10.0 Å². The number of nitrogens with zero attached hydrogens (tertiary/aromatic N) is 1. The number of hydrogen-bond acceptors (Lipinski definition) is 3. The number of amides is 2. The van der Waals surface area contributed by atoms with Crippen molar-refractivity contribution in [1.82, 2.24) is 10.2 Å². The van der Waals surface area contributed by atoms with E-state index in [1.54, 1.807) is 28.8 Å². The maximum absolute atomic E-state index is 13.3. The second-order valence-corrected chi connectivity index (χ2v) is 10.1. The van der Waals surface area contributed by atoms with E-state index in [4.69, 9.17) is 23.2 Å². The fourth-order valence-electron chi connectivity index (χ4n) is 3.75. The lowest BCUT2D eigenvalue weighted by Crippen LogP contribution is -2.49. The number of aryl methyl sites for hydroxylation is 2. The molecule has 0 aliphatic rings. The number of benzene rings is 2. The standard InChI is InChI=1S/C26H34Cl2N2O2S/c1-5-7-10-29-26(32)24(6-2)30(15-20-8-9-22(27)23(28)14-20)25(31)17-33-16-21-12-18(3)11-19(4)13-21/h8-9,11-14,24H,5-7,10,15-17H2,1-4H3,(H,29,32). The number of nitrogens with one attached hydrogen (secondary N) is 1. The van der Waals surface area contributed by atoms with Crippen molar-refractivity contribution in [3.05, 3.63) is 68.7 Å². The number of carbonyl (C=O) groups is 2. The Kier molecular flexibility index (Phi) is 11.6. The molecule has 0 saturated carbocycles. The van der Waals surface area contributed by atoms with Crippen molar-refractivity contribution in [2.45, 2.75) is 65.3 Å². The molecule has 2 aromatic carbocycles. The van der Waals surface area contributed by atoms with Gasteiger partial charge in [0.2, 0.25) is 11.8 Å². The predicted octanol–water partition coefficient (Wildman–Crippen LogP) is 6.57. The molecule has 180 valence electrons. The molecule has 33 heavy (non-hydrogen) atoms. The first-order valence-electron chi connectivity index (χ1n) is 11.4. The molecule has 0 heterocycles. The van der Waals surface area contributed by atoms with Gasteiger partial charge in [-0.3, -0.25) is 9.59 Å². The monoisotopic (exact) mass is 508 g/mol. The summed E-state index contributed by atoms with van der Waals surface area (Å²) in [5.41, 5.74) is 4.48. The van der Waals surface area contributed by atoms with Crippen molar-refractivity contribution in [3.8, 4) is 0 Å². The van der Waals surface area contributed by atoms with Crippen molar-refractivity contribution in [2.24, 2.45) is 0 Å². The molecule has 1 unspecified atom stereocenters. The highest BCUT2D eigenvalue weighted by molar-refractivity contribution is 7.99. The molecule has 0 saturated heterocycles. The maximum atomic E-state index is 13.3. The third kappa shape index (κ3) is 8.88. The van der Waals surface area contributed by atoms with Gasteiger partial charge in [0, 0.05) is 18.8 Å². The lowest BCUT2D eigenvalue weighted by molar-refractivity contribution is -0.139. The highest BCUT2D eigenvalue weighted by Gasteiger charge is 2.28. The largest absolute Gasteiger partial charge is 0.354 e. The van der Waals surface area contributed by atoms with Crippen LogP contribution >= 0.6 is 35.0 Å². The van der Waals surface area contributed by atoms with Crippen molar-refractivity contribution < 1.29 is 9.59 Å². The van der Waals surface area contributed by atoms with E-state index in [9.17, 15) is 9.59 Å². The van der Waals surface area contributed by atoms with E-state index in [2.05, 4.69) is 44.3 Å². The van der Waals surface area contributed by atoms with Crippen molar-refractivity contribution in [2.75, 3.05) is 12.3 Å². The van der Waals surface area contributed by atoms with E-state index in [1.807, 2.05) is 13.0 Å². The first kappa shape index (κ1) is 27.6. The Hall–Kier alpha value is -1.69. The molecule has 0 bridgehead atoms. The van der Waals surface area contributed by atoms with Gasteiger partial charge in [-0.2, -0.15) is 0 Å². The van der Waals surface area contributed by atoms with E-state index in [0.717, 1.165) is 24.2 Å². The average molecular weight is 510 g/mol. The molecule has 0 radical (unpaired) electrons. The van der Waals surface area contributed by atoms with Crippen molar-refractivity contribution >= 4 is 46.8 Å². The molecule has 2 amide bonds. The van der Waals surface area contributed by atoms with Gasteiger partial charge in [-0.25, -0.2) is 0 Å². The van der Waals surface area contributed by atoms with Gasteiger partial charge in [-0.1, -0.05) is 78.9 Å². The molecule has 0 aliphatic heterocycles. The molecule has 4 nitrogen and oxygen atoms in total. The lowest BCUT2D eigenvalue weighted by atomic mass is 10.1. The summed E-state index contributed by atoms with van der Waals surface area (Å²) < 4.78 is 0. The minimum Gasteiger partial charge on any atom is -0.354 e. The SMILES string of the molecule is CCCCNC(=O)C(CC)N(Cc1ccc(Cl)c(Cl)c1)C(=O)CSCc1cc(C)cc(C)c1. The van der Waals surface area contributed by atoms with Crippen molar-refractivity contribution in [3.63, 3.8) is 0 Å². The Morgan fingerprint density at radius 1 is 1.00 bits per heavy atom. The molecule has 7 heteroatoms. The molecule has 1 N–H and O–H groups in total. The van der Waals surface area contributed by atoms with Crippen molar-refractivity contribution in [1.29, 1.82) is 0 Å². The predicted molar refractivity (Wildman–Crippen MR) is 141 cm³/mol. The molecule has 1 atom stereocenters. The minimum absolute atomic E-state index is 0.0621. The Balaban J connectivity index is 2.15. The number of rotatable bonds is 12. The van der Waals surface area contributed by atoms with E-state index in [-0.39, 0.29) is 11.8 Å². The lowest BCUT2D eigenvalue weighted by Gasteiger charge is -2.30. The van der Waals surface area contributed by atoms with E-state index < -0.39 is 6.04 Å². The topological polar surface area (TPSA) is 49.4 Å². The zero-order valence-electron chi connectivity index (χ0n) is 19.9. The highest BCUT2D eigenvalue weighted by atomic mass is 35.5. The fourth-order valence-corrected chi connectivity index (χ4v) is 4.92. The number of thioether (sulfide) groups is 1. The van der Waals surface area contributed by atoms with Crippen LogP contribution in [-0.2, 0) is 21.9 Å². The summed E-state index contributed by atoms with van der Waals surface area (Å²) in [6, 6.07) is 11.2. The van der Waals surface area contributed by atoms with Crippen LogP contribution in [0.5, 0.6) is 0 Å². The summed E-state index contributed by atoms with van der Waals surface area (Å²) in [7, 11) is 0. The second kappa shape index (κ2) is 13.9.